The highest BCUT2D eigenvalue weighted by Crippen LogP contribution is 2.17. The molecule has 2 unspecified atom stereocenters. The average Bonchev–Trinajstić information content (AvgIpc) is 3.25. The number of carbonyl (C=O) groups excluding carboxylic acids is 2. The Hall–Kier alpha value is -1.40. The lowest BCUT2D eigenvalue weighted by Crippen LogP contribution is -2.45. The van der Waals surface area contributed by atoms with Gasteiger partial charge in [-0.05, 0) is 32.1 Å². The Kier molecular flexibility index (Phi) is 49.1. The van der Waals surface area contributed by atoms with Crippen LogP contribution in [0.4, 0.5) is 0 Å². The summed E-state index contributed by atoms with van der Waals surface area (Å²) in [6, 6.07) is -0.646. The molecule has 356 valence electrons. The number of aliphatic hydroxyl groups excluding tert-OH is 2. The Morgan fingerprint density at radius 3 is 1.13 bits per heavy atom. The van der Waals surface area contributed by atoms with E-state index in [9.17, 15) is 19.8 Å². The molecule has 0 aliphatic carbocycles. The minimum Gasteiger partial charge on any atom is -0.466 e. The van der Waals surface area contributed by atoms with Gasteiger partial charge in [0.05, 0.1) is 25.4 Å². The van der Waals surface area contributed by atoms with Gasteiger partial charge in [0.2, 0.25) is 5.91 Å². The fraction of sp³-hybridized carbons (Fsp3) is 0.926. The molecule has 3 N–H and O–H groups in total. The summed E-state index contributed by atoms with van der Waals surface area (Å²) in [5, 5.41) is 23.0. The van der Waals surface area contributed by atoms with E-state index >= 15 is 0 Å². The normalized spacial score (nSPS) is 12.7. The molecule has 0 fully saturated rings. The fourth-order valence-electron chi connectivity index (χ4n) is 8.40. The second-order valence-electron chi connectivity index (χ2n) is 18.6. The van der Waals surface area contributed by atoms with E-state index in [0.29, 0.717) is 19.4 Å². The first-order valence-electron chi connectivity index (χ1n) is 27.0. The van der Waals surface area contributed by atoms with E-state index in [1.54, 1.807) is 6.08 Å². The van der Waals surface area contributed by atoms with Crippen LogP contribution >= 0.6 is 0 Å². The number of ether oxygens (including phenoxy) is 1. The van der Waals surface area contributed by atoms with Crippen molar-refractivity contribution in [2.75, 3.05) is 13.2 Å². The molecule has 2 atom stereocenters. The first kappa shape index (κ1) is 58.6. The van der Waals surface area contributed by atoms with Gasteiger partial charge in [0.15, 0.2) is 0 Å². The van der Waals surface area contributed by atoms with Gasteiger partial charge in [-0.1, -0.05) is 264 Å². The van der Waals surface area contributed by atoms with Gasteiger partial charge in [-0.15, -0.1) is 0 Å². The Balaban J connectivity index is 3.48. The number of nitrogens with one attached hydrogen (secondary N) is 1. The number of unbranched alkanes of at least 4 members (excludes halogenated alkanes) is 39. The standard InChI is InChI=1S/C54H105NO5/c1-3-5-7-9-11-13-15-17-19-20-21-22-24-26-28-32-36-40-44-48-54(59)60-49-45-41-37-33-29-31-35-39-43-47-53(58)55-51(50-56)52(57)46-42-38-34-30-27-25-23-18-16-14-12-10-8-6-4-2/h42,46,51-52,56-57H,3-41,43-45,47-50H2,1-2H3,(H,55,58)/b46-42+. The average molecular weight is 848 g/mol. The molecule has 0 bridgehead atoms. The largest absolute Gasteiger partial charge is 0.466 e. The van der Waals surface area contributed by atoms with Crippen LogP contribution in [-0.4, -0.2) is 47.4 Å². The third-order valence-electron chi connectivity index (χ3n) is 12.6. The van der Waals surface area contributed by atoms with Crippen molar-refractivity contribution in [1.29, 1.82) is 0 Å². The molecule has 60 heavy (non-hydrogen) atoms. The predicted octanol–water partition coefficient (Wildman–Crippen LogP) is 16.1. The summed E-state index contributed by atoms with van der Waals surface area (Å²) in [5.74, 6) is -0.116. The maximum Gasteiger partial charge on any atom is 0.305 e. The molecule has 1 amide bonds. The van der Waals surface area contributed by atoms with Crippen LogP contribution in [0.25, 0.3) is 0 Å². The van der Waals surface area contributed by atoms with E-state index in [1.807, 2.05) is 6.08 Å². The maximum absolute atomic E-state index is 12.4. The Morgan fingerprint density at radius 1 is 0.450 bits per heavy atom. The lowest BCUT2D eigenvalue weighted by atomic mass is 10.0. The molecule has 0 saturated heterocycles. The highest BCUT2D eigenvalue weighted by molar-refractivity contribution is 5.76. The van der Waals surface area contributed by atoms with Crippen molar-refractivity contribution in [2.45, 2.75) is 309 Å². The molecular weight excluding hydrogens is 743 g/mol. The number of carbonyl (C=O) groups is 2. The molecule has 6 nitrogen and oxygen atoms in total. The van der Waals surface area contributed by atoms with Crippen LogP contribution in [0.2, 0.25) is 0 Å². The van der Waals surface area contributed by atoms with E-state index in [4.69, 9.17) is 4.74 Å². The third-order valence-corrected chi connectivity index (χ3v) is 12.6. The van der Waals surface area contributed by atoms with Gasteiger partial charge >= 0.3 is 5.97 Å². The Labute approximate surface area is 374 Å². The first-order valence-corrected chi connectivity index (χ1v) is 27.0. The van der Waals surface area contributed by atoms with Crippen molar-refractivity contribution in [3.8, 4) is 0 Å². The SMILES string of the molecule is CCCCCCCCCCCCCCC/C=C/C(O)C(CO)NC(=O)CCCCCCCCCCCOC(=O)CCCCCCCCCCCCCCCCCCCCC. The minimum absolute atomic E-state index is 0.0223. The van der Waals surface area contributed by atoms with Gasteiger partial charge in [-0.3, -0.25) is 9.59 Å². The van der Waals surface area contributed by atoms with Crippen LogP contribution in [0.1, 0.15) is 296 Å². The third kappa shape index (κ3) is 46.1. The van der Waals surface area contributed by atoms with Crippen LogP contribution in [-0.2, 0) is 14.3 Å². The van der Waals surface area contributed by atoms with Gasteiger partial charge in [-0.25, -0.2) is 0 Å². The monoisotopic (exact) mass is 848 g/mol. The molecule has 0 aromatic heterocycles. The molecule has 6 heteroatoms. The predicted molar refractivity (Wildman–Crippen MR) is 260 cm³/mol. The number of hydrogen-bond acceptors (Lipinski definition) is 5. The van der Waals surface area contributed by atoms with Crippen LogP contribution in [0, 0.1) is 0 Å². The lowest BCUT2D eigenvalue weighted by Gasteiger charge is -2.20. The van der Waals surface area contributed by atoms with Crippen molar-refractivity contribution in [2.24, 2.45) is 0 Å². The van der Waals surface area contributed by atoms with Gasteiger partial charge in [0.25, 0.3) is 0 Å². The highest BCUT2D eigenvalue weighted by atomic mass is 16.5. The molecule has 0 aliphatic rings. The summed E-state index contributed by atoms with van der Waals surface area (Å²) in [5.41, 5.74) is 0. The van der Waals surface area contributed by atoms with Crippen molar-refractivity contribution in [1.82, 2.24) is 5.32 Å². The summed E-state index contributed by atoms with van der Waals surface area (Å²) in [6.45, 7) is 4.86. The fourth-order valence-corrected chi connectivity index (χ4v) is 8.40. The second kappa shape index (κ2) is 50.2. The summed E-state index contributed by atoms with van der Waals surface area (Å²) >= 11 is 0. The Bertz CT molecular complexity index is 893. The smallest absolute Gasteiger partial charge is 0.305 e. The summed E-state index contributed by atoms with van der Waals surface area (Å²) in [4.78, 5) is 24.5. The van der Waals surface area contributed by atoms with Crippen LogP contribution in [0.5, 0.6) is 0 Å². The quantitative estimate of drug-likeness (QED) is 0.0322. The summed E-state index contributed by atoms with van der Waals surface area (Å²) < 4.78 is 5.47. The van der Waals surface area contributed by atoms with E-state index in [2.05, 4.69) is 19.2 Å². The Morgan fingerprint density at radius 2 is 0.767 bits per heavy atom. The van der Waals surface area contributed by atoms with Gasteiger partial charge in [0.1, 0.15) is 0 Å². The molecule has 0 heterocycles. The number of esters is 1. The number of allylic oxidation sites excluding steroid dienone is 1. The van der Waals surface area contributed by atoms with Crippen molar-refractivity contribution < 1.29 is 24.5 Å². The zero-order valence-electron chi connectivity index (χ0n) is 40.5. The van der Waals surface area contributed by atoms with Crippen LogP contribution in [0.15, 0.2) is 12.2 Å². The number of hydrogen-bond donors (Lipinski definition) is 3. The van der Waals surface area contributed by atoms with E-state index < -0.39 is 12.1 Å². The maximum atomic E-state index is 12.4. The van der Waals surface area contributed by atoms with Gasteiger partial charge in [-0.2, -0.15) is 0 Å². The van der Waals surface area contributed by atoms with Crippen LogP contribution in [0.3, 0.4) is 0 Å². The lowest BCUT2D eigenvalue weighted by molar-refractivity contribution is -0.143. The van der Waals surface area contributed by atoms with E-state index in [0.717, 1.165) is 57.8 Å². The van der Waals surface area contributed by atoms with Gasteiger partial charge in [0, 0.05) is 12.8 Å². The first-order chi connectivity index (χ1) is 29.5. The van der Waals surface area contributed by atoms with Crippen molar-refractivity contribution in [3.63, 3.8) is 0 Å². The molecule has 0 aromatic carbocycles. The molecule has 0 radical (unpaired) electrons. The minimum atomic E-state index is -0.860. The molecule has 0 rings (SSSR count). The zero-order chi connectivity index (χ0) is 43.7. The number of aliphatic hydroxyl groups is 2. The summed E-state index contributed by atoms with van der Waals surface area (Å²) in [7, 11) is 0. The molecule has 0 aliphatic heterocycles. The van der Waals surface area contributed by atoms with Crippen molar-refractivity contribution >= 4 is 11.9 Å². The molecular formula is C54H105NO5. The zero-order valence-corrected chi connectivity index (χ0v) is 40.5. The van der Waals surface area contributed by atoms with E-state index in [-0.39, 0.29) is 18.5 Å². The summed E-state index contributed by atoms with van der Waals surface area (Å²) in [6.07, 6.45) is 57.9. The molecule has 0 aromatic rings. The second-order valence-corrected chi connectivity index (χ2v) is 18.6. The molecule has 0 spiro atoms. The molecule has 0 saturated carbocycles. The van der Waals surface area contributed by atoms with E-state index in [1.165, 1.54) is 212 Å². The van der Waals surface area contributed by atoms with Crippen molar-refractivity contribution in [3.05, 3.63) is 12.2 Å². The van der Waals surface area contributed by atoms with Gasteiger partial charge < -0.3 is 20.3 Å². The van der Waals surface area contributed by atoms with Crippen LogP contribution < -0.4 is 5.32 Å². The number of amides is 1. The number of rotatable bonds is 50. The highest BCUT2D eigenvalue weighted by Gasteiger charge is 2.18. The topological polar surface area (TPSA) is 95.9 Å².